The minimum atomic E-state index is -2.09. The molecular formula is C21H19FI2N2O. The van der Waals surface area contributed by atoms with Gasteiger partial charge in [-0.2, -0.15) is 0 Å². The third kappa shape index (κ3) is 4.50. The van der Waals surface area contributed by atoms with Crippen molar-refractivity contribution in [2.24, 2.45) is 0 Å². The molecule has 3 nitrogen and oxygen atoms in total. The molecular weight excluding hydrogens is 569 g/mol. The van der Waals surface area contributed by atoms with E-state index in [0.29, 0.717) is 9.14 Å². The van der Waals surface area contributed by atoms with Gasteiger partial charge in [0.15, 0.2) is 0 Å². The van der Waals surface area contributed by atoms with Gasteiger partial charge in [0.25, 0.3) is 0 Å². The van der Waals surface area contributed by atoms with Crippen molar-refractivity contribution in [2.45, 2.75) is 17.8 Å². The molecule has 0 unspecified atom stereocenters. The maximum atomic E-state index is 13.9. The Hall–Kier alpha value is -1.51. The number of hydrogen-bond donors (Lipinski definition) is 0. The Morgan fingerprint density at radius 1 is 1.33 bits per heavy atom. The molecule has 0 bridgehead atoms. The molecule has 0 N–H and O–H groups in total. The van der Waals surface area contributed by atoms with E-state index in [1.807, 2.05) is 76.7 Å². The van der Waals surface area contributed by atoms with Crippen molar-refractivity contribution in [3.8, 4) is 0 Å². The molecule has 0 radical (unpaired) electrons. The fraction of sp³-hybridized carbons (Fsp3) is 0.190. The molecule has 0 fully saturated rings. The number of aromatic nitrogens is 1. The molecule has 2 heterocycles. The number of pyridine rings is 1. The van der Waals surface area contributed by atoms with Gasteiger partial charge in [0, 0.05) is 0 Å². The SMILES string of the molecule is CC1=C=CN(c2ccccn2)C=C1C(=O)I(C)[C@@H](C)c1ccc(I)c(F)c1. The average Bonchev–Trinajstić information content (AvgIpc) is 2.69. The van der Waals surface area contributed by atoms with Crippen LogP contribution in [0.1, 0.15) is 23.3 Å². The third-order valence-corrected chi connectivity index (χ3v) is 10.9. The van der Waals surface area contributed by atoms with Gasteiger partial charge in [-0.25, -0.2) is 0 Å². The second-order valence-corrected chi connectivity index (χ2v) is 13.1. The third-order valence-electron chi connectivity index (χ3n) is 4.38. The van der Waals surface area contributed by atoms with Crippen molar-refractivity contribution >= 4 is 52.0 Å². The van der Waals surface area contributed by atoms with Crippen LogP contribution in [-0.4, -0.2) is 13.7 Å². The van der Waals surface area contributed by atoms with Gasteiger partial charge >= 0.3 is 181 Å². The fourth-order valence-electron chi connectivity index (χ4n) is 2.61. The topological polar surface area (TPSA) is 33.2 Å². The molecule has 0 saturated heterocycles. The normalized spacial score (nSPS) is 15.1. The maximum absolute atomic E-state index is 13.9. The number of allylic oxidation sites excluding steroid dienone is 2. The average molecular weight is 588 g/mol. The van der Waals surface area contributed by atoms with Crippen molar-refractivity contribution < 1.29 is 9.18 Å². The first-order valence-corrected chi connectivity index (χ1v) is 13.9. The summed E-state index contributed by atoms with van der Waals surface area (Å²) in [6.07, 6.45) is 5.35. The second-order valence-electron chi connectivity index (χ2n) is 6.12. The van der Waals surface area contributed by atoms with E-state index < -0.39 is 19.8 Å². The number of carbonyl (C=O) groups excluding carboxylic acids is 1. The van der Waals surface area contributed by atoms with Gasteiger partial charge in [-0.1, -0.05) is 0 Å². The summed E-state index contributed by atoms with van der Waals surface area (Å²) in [5.41, 5.74) is 5.56. The van der Waals surface area contributed by atoms with Crippen LogP contribution in [-0.2, 0) is 4.79 Å². The molecule has 1 aromatic carbocycles. The van der Waals surface area contributed by atoms with Crippen molar-refractivity contribution in [2.75, 3.05) is 9.83 Å². The Balaban J connectivity index is 1.87. The van der Waals surface area contributed by atoms with Crippen LogP contribution in [0.4, 0.5) is 10.2 Å². The summed E-state index contributed by atoms with van der Waals surface area (Å²) >= 11 is -0.112. The monoisotopic (exact) mass is 588 g/mol. The fourth-order valence-corrected chi connectivity index (χ4v) is 6.72. The Morgan fingerprint density at radius 3 is 2.78 bits per heavy atom. The van der Waals surface area contributed by atoms with Crippen LogP contribution in [0.3, 0.4) is 0 Å². The number of anilines is 1. The number of rotatable bonds is 5. The molecule has 27 heavy (non-hydrogen) atoms. The van der Waals surface area contributed by atoms with Crippen molar-refractivity contribution in [1.82, 2.24) is 4.98 Å². The molecule has 1 aromatic heterocycles. The van der Waals surface area contributed by atoms with Crippen LogP contribution < -0.4 is 4.90 Å². The molecule has 3 rings (SSSR count). The Bertz CT molecular complexity index is 965. The van der Waals surface area contributed by atoms with Gasteiger partial charge in [-0.3, -0.25) is 0 Å². The van der Waals surface area contributed by atoms with Gasteiger partial charge in [0.05, 0.1) is 0 Å². The van der Waals surface area contributed by atoms with Crippen LogP contribution in [0.25, 0.3) is 0 Å². The van der Waals surface area contributed by atoms with E-state index in [0.717, 1.165) is 17.0 Å². The van der Waals surface area contributed by atoms with E-state index in [-0.39, 0.29) is 13.5 Å². The Kier molecular flexibility index (Phi) is 6.49. The van der Waals surface area contributed by atoms with E-state index in [1.165, 1.54) is 0 Å². The molecule has 6 heteroatoms. The van der Waals surface area contributed by atoms with Crippen molar-refractivity contribution in [3.63, 3.8) is 0 Å². The number of hydrogen-bond acceptors (Lipinski definition) is 3. The summed E-state index contributed by atoms with van der Waals surface area (Å²) in [6, 6.07) is 10.9. The summed E-state index contributed by atoms with van der Waals surface area (Å²) in [5.74, 6) is 0.515. The molecule has 1 atom stereocenters. The molecule has 0 amide bonds. The van der Waals surface area contributed by atoms with Crippen LogP contribution in [0.15, 0.2) is 71.9 Å². The van der Waals surface area contributed by atoms with Gasteiger partial charge in [-0.15, -0.1) is 0 Å². The van der Waals surface area contributed by atoms with Crippen LogP contribution in [0, 0.1) is 9.39 Å². The molecule has 1 aliphatic rings. The summed E-state index contributed by atoms with van der Waals surface area (Å²) in [5, 5.41) is 0. The molecule has 1 aliphatic heterocycles. The van der Waals surface area contributed by atoms with E-state index >= 15 is 0 Å². The predicted octanol–water partition coefficient (Wildman–Crippen LogP) is 6.01. The molecule has 0 spiro atoms. The van der Waals surface area contributed by atoms with Gasteiger partial charge in [-0.05, 0) is 0 Å². The van der Waals surface area contributed by atoms with Gasteiger partial charge < -0.3 is 0 Å². The number of benzene rings is 1. The molecule has 140 valence electrons. The molecule has 2 aromatic rings. The number of nitrogens with zero attached hydrogens (tertiary/aromatic N) is 2. The molecule has 0 saturated carbocycles. The first-order valence-electron chi connectivity index (χ1n) is 8.31. The predicted molar refractivity (Wildman–Crippen MR) is 125 cm³/mol. The van der Waals surface area contributed by atoms with E-state index in [4.69, 9.17) is 0 Å². The summed E-state index contributed by atoms with van der Waals surface area (Å²) < 4.78 is 14.8. The summed E-state index contributed by atoms with van der Waals surface area (Å²) in [7, 11) is 0. The standard InChI is InChI=1S/C21H19FI2N2O/c1-14-9-11-26(20-6-4-5-10-25-20)13-17(14)21(27)24(3)15(2)16-7-8-19(23)18(22)12-16/h4-8,10-13,15H,1-3H3/t15-/m0/s1. The number of halogens is 3. The Morgan fingerprint density at radius 2 is 2.11 bits per heavy atom. The quantitative estimate of drug-likeness (QED) is 0.186. The van der Waals surface area contributed by atoms with Gasteiger partial charge in [0.2, 0.25) is 0 Å². The van der Waals surface area contributed by atoms with E-state index in [1.54, 1.807) is 24.5 Å². The zero-order valence-electron chi connectivity index (χ0n) is 15.2. The van der Waals surface area contributed by atoms with Gasteiger partial charge in [0.1, 0.15) is 0 Å². The first kappa shape index (κ1) is 20.2. The Labute approximate surface area is 179 Å². The molecule has 0 aliphatic carbocycles. The van der Waals surface area contributed by atoms with E-state index in [2.05, 4.69) is 10.7 Å². The number of alkyl halides is 2. The van der Waals surface area contributed by atoms with Crippen LogP contribution in [0.2, 0.25) is 0 Å². The number of carbonyl (C=O) groups is 1. The summed E-state index contributed by atoms with van der Waals surface area (Å²) in [4.78, 5) is 21.4. The first-order chi connectivity index (χ1) is 12.9. The van der Waals surface area contributed by atoms with Crippen LogP contribution >= 0.6 is 42.4 Å². The minimum absolute atomic E-state index is 0.0520. The van der Waals surface area contributed by atoms with Crippen molar-refractivity contribution in [1.29, 1.82) is 0 Å². The van der Waals surface area contributed by atoms with Crippen LogP contribution in [0.5, 0.6) is 0 Å². The van der Waals surface area contributed by atoms with Crippen molar-refractivity contribution in [3.05, 3.63) is 86.8 Å². The van der Waals surface area contributed by atoms with E-state index in [9.17, 15) is 9.18 Å². The second kappa shape index (κ2) is 8.67. The zero-order valence-corrected chi connectivity index (χ0v) is 19.5. The zero-order chi connectivity index (χ0) is 19.6. The summed E-state index contributed by atoms with van der Waals surface area (Å²) in [6.45, 7) is 3.92.